The highest BCUT2D eigenvalue weighted by atomic mass is 16.1. The second-order valence-corrected chi connectivity index (χ2v) is 4.24. The predicted molar refractivity (Wildman–Crippen MR) is 65.0 cm³/mol. The molecule has 0 saturated carbocycles. The van der Waals surface area contributed by atoms with Gasteiger partial charge in [0.15, 0.2) is 0 Å². The second-order valence-electron chi connectivity index (χ2n) is 4.24. The van der Waals surface area contributed by atoms with E-state index >= 15 is 0 Å². The Balaban J connectivity index is 2.18. The average molecular weight is 234 g/mol. The zero-order valence-corrected chi connectivity index (χ0v) is 10.4. The van der Waals surface area contributed by atoms with Crippen molar-refractivity contribution < 1.29 is 4.79 Å². The highest BCUT2D eigenvalue weighted by Crippen LogP contribution is 2.15. The van der Waals surface area contributed by atoms with E-state index in [2.05, 4.69) is 29.0 Å². The molecule has 0 atom stereocenters. The normalized spacial score (nSPS) is 16.4. The molecule has 0 radical (unpaired) electrons. The van der Waals surface area contributed by atoms with Crippen molar-refractivity contribution in [1.82, 2.24) is 15.2 Å². The summed E-state index contributed by atoms with van der Waals surface area (Å²) >= 11 is 0. The topological polar surface area (TPSA) is 59.0 Å². The number of rotatable bonds is 3. The molecule has 1 fully saturated rings. The van der Waals surface area contributed by atoms with E-state index < -0.39 is 0 Å². The molecule has 1 saturated heterocycles. The van der Waals surface area contributed by atoms with Crippen molar-refractivity contribution in [3.8, 4) is 0 Å². The van der Waals surface area contributed by atoms with Crippen molar-refractivity contribution in [2.75, 3.05) is 18.0 Å². The monoisotopic (exact) mass is 234 g/mol. The fourth-order valence-corrected chi connectivity index (χ4v) is 2.02. The predicted octanol–water partition coefficient (Wildman–Crippen LogP) is 1.17. The smallest absolute Gasteiger partial charge is 0.245 e. The standard InChI is InChI=1S/C12H18N4O/c1-3-10-11(4-2)14-15-12(13-10)16-7-5-9(17)6-8-16/h3-8H2,1-2H3. The molecule has 1 aromatic rings. The first kappa shape index (κ1) is 12.0. The minimum Gasteiger partial charge on any atom is -0.339 e. The van der Waals surface area contributed by atoms with Crippen LogP contribution in [0.2, 0.25) is 0 Å². The van der Waals surface area contributed by atoms with Crippen LogP contribution in [0.4, 0.5) is 5.95 Å². The summed E-state index contributed by atoms with van der Waals surface area (Å²) in [4.78, 5) is 17.8. The van der Waals surface area contributed by atoms with Gasteiger partial charge in [0.2, 0.25) is 5.95 Å². The van der Waals surface area contributed by atoms with Crippen LogP contribution in [-0.4, -0.2) is 34.1 Å². The molecule has 1 aliphatic rings. The van der Waals surface area contributed by atoms with Gasteiger partial charge in [-0.25, -0.2) is 4.98 Å². The summed E-state index contributed by atoms with van der Waals surface area (Å²) in [5.41, 5.74) is 2.00. The van der Waals surface area contributed by atoms with Gasteiger partial charge in [0.1, 0.15) is 5.78 Å². The molecule has 0 amide bonds. The van der Waals surface area contributed by atoms with Gasteiger partial charge in [-0.05, 0) is 12.8 Å². The number of anilines is 1. The van der Waals surface area contributed by atoms with E-state index in [0.717, 1.165) is 37.3 Å². The van der Waals surface area contributed by atoms with E-state index in [9.17, 15) is 4.79 Å². The molecular weight excluding hydrogens is 216 g/mol. The van der Waals surface area contributed by atoms with Crippen LogP contribution in [0.15, 0.2) is 0 Å². The number of Topliss-reactive ketones (excluding diaryl/α,β-unsaturated/α-hetero) is 1. The maximum absolute atomic E-state index is 11.2. The Labute approximate surface area is 101 Å². The van der Waals surface area contributed by atoms with Crippen LogP contribution in [0, 0.1) is 0 Å². The molecule has 0 unspecified atom stereocenters. The molecule has 1 aliphatic heterocycles. The lowest BCUT2D eigenvalue weighted by atomic mass is 10.1. The van der Waals surface area contributed by atoms with E-state index in [4.69, 9.17) is 0 Å². The third kappa shape index (κ3) is 2.60. The number of aryl methyl sites for hydroxylation is 2. The first-order valence-corrected chi connectivity index (χ1v) is 6.23. The van der Waals surface area contributed by atoms with Gasteiger partial charge in [0, 0.05) is 25.9 Å². The zero-order valence-electron chi connectivity index (χ0n) is 10.4. The molecule has 92 valence electrons. The number of carbonyl (C=O) groups excluding carboxylic acids is 1. The number of hydrogen-bond acceptors (Lipinski definition) is 5. The van der Waals surface area contributed by atoms with Crippen LogP contribution in [0.5, 0.6) is 0 Å². The van der Waals surface area contributed by atoms with Crippen molar-refractivity contribution in [3.63, 3.8) is 0 Å². The third-order valence-electron chi connectivity index (χ3n) is 3.10. The number of nitrogens with zero attached hydrogens (tertiary/aromatic N) is 4. The Morgan fingerprint density at radius 2 is 1.71 bits per heavy atom. The summed E-state index contributed by atoms with van der Waals surface area (Å²) in [6.07, 6.45) is 2.93. The molecular formula is C12H18N4O. The van der Waals surface area contributed by atoms with Crippen LogP contribution in [0.3, 0.4) is 0 Å². The second kappa shape index (κ2) is 5.21. The Hall–Kier alpha value is -1.52. The molecule has 1 aromatic heterocycles. The number of carbonyl (C=O) groups is 1. The number of ketones is 1. The third-order valence-corrected chi connectivity index (χ3v) is 3.10. The fraction of sp³-hybridized carbons (Fsp3) is 0.667. The average Bonchev–Trinajstić information content (AvgIpc) is 2.39. The van der Waals surface area contributed by atoms with Crippen LogP contribution < -0.4 is 4.90 Å². The van der Waals surface area contributed by atoms with Gasteiger partial charge >= 0.3 is 0 Å². The van der Waals surface area contributed by atoms with Crippen LogP contribution in [0.25, 0.3) is 0 Å². The summed E-state index contributed by atoms with van der Waals surface area (Å²) in [5.74, 6) is 1.00. The van der Waals surface area contributed by atoms with E-state index in [-0.39, 0.29) is 0 Å². The highest BCUT2D eigenvalue weighted by Gasteiger charge is 2.19. The van der Waals surface area contributed by atoms with E-state index in [1.807, 2.05) is 4.90 Å². The van der Waals surface area contributed by atoms with Crippen molar-refractivity contribution in [2.45, 2.75) is 39.5 Å². The Morgan fingerprint density at radius 1 is 1.06 bits per heavy atom. The fourth-order valence-electron chi connectivity index (χ4n) is 2.02. The van der Waals surface area contributed by atoms with Crippen molar-refractivity contribution in [2.24, 2.45) is 0 Å². The summed E-state index contributed by atoms with van der Waals surface area (Å²) < 4.78 is 0. The minimum absolute atomic E-state index is 0.329. The van der Waals surface area contributed by atoms with Gasteiger partial charge in [-0.3, -0.25) is 4.79 Å². The lowest BCUT2D eigenvalue weighted by molar-refractivity contribution is -0.119. The van der Waals surface area contributed by atoms with Gasteiger partial charge in [0.25, 0.3) is 0 Å². The molecule has 5 nitrogen and oxygen atoms in total. The summed E-state index contributed by atoms with van der Waals surface area (Å²) in [6.45, 7) is 5.57. The molecule has 0 aromatic carbocycles. The minimum atomic E-state index is 0.329. The quantitative estimate of drug-likeness (QED) is 0.785. The van der Waals surface area contributed by atoms with Crippen molar-refractivity contribution >= 4 is 11.7 Å². The summed E-state index contributed by atoms with van der Waals surface area (Å²) in [6, 6.07) is 0. The van der Waals surface area contributed by atoms with Gasteiger partial charge in [-0.1, -0.05) is 13.8 Å². The molecule has 0 aliphatic carbocycles. The Bertz CT molecular complexity index is 409. The van der Waals surface area contributed by atoms with E-state index in [1.165, 1.54) is 0 Å². The summed E-state index contributed by atoms with van der Waals surface area (Å²) in [5, 5.41) is 8.38. The lowest BCUT2D eigenvalue weighted by Crippen LogP contribution is -2.35. The largest absolute Gasteiger partial charge is 0.339 e. The van der Waals surface area contributed by atoms with E-state index in [1.54, 1.807) is 0 Å². The SMILES string of the molecule is CCc1nnc(N2CCC(=O)CC2)nc1CC. The van der Waals surface area contributed by atoms with Crippen molar-refractivity contribution in [3.05, 3.63) is 11.4 Å². The molecule has 0 N–H and O–H groups in total. The number of aromatic nitrogens is 3. The van der Waals surface area contributed by atoms with Crippen molar-refractivity contribution in [1.29, 1.82) is 0 Å². The van der Waals surface area contributed by atoms with E-state index in [0.29, 0.717) is 24.6 Å². The first-order valence-electron chi connectivity index (χ1n) is 6.23. The maximum Gasteiger partial charge on any atom is 0.245 e. The van der Waals surface area contributed by atoms with Crippen LogP contribution in [-0.2, 0) is 17.6 Å². The summed E-state index contributed by atoms with van der Waals surface area (Å²) in [7, 11) is 0. The zero-order chi connectivity index (χ0) is 12.3. The maximum atomic E-state index is 11.2. The molecule has 5 heteroatoms. The van der Waals surface area contributed by atoms with Gasteiger partial charge in [-0.15, -0.1) is 5.10 Å². The van der Waals surface area contributed by atoms with Gasteiger partial charge in [-0.2, -0.15) is 5.10 Å². The number of hydrogen-bond donors (Lipinski definition) is 0. The Morgan fingerprint density at radius 3 is 2.29 bits per heavy atom. The van der Waals surface area contributed by atoms with Gasteiger partial charge < -0.3 is 4.90 Å². The first-order chi connectivity index (χ1) is 8.24. The molecule has 17 heavy (non-hydrogen) atoms. The Kier molecular flexibility index (Phi) is 3.66. The molecule has 0 spiro atoms. The molecule has 0 bridgehead atoms. The molecule has 2 heterocycles. The van der Waals surface area contributed by atoms with Crippen LogP contribution >= 0.6 is 0 Å². The van der Waals surface area contributed by atoms with Gasteiger partial charge in [0.05, 0.1) is 11.4 Å². The highest BCUT2D eigenvalue weighted by molar-refractivity contribution is 5.80. The number of piperidine rings is 1. The van der Waals surface area contributed by atoms with Crippen LogP contribution in [0.1, 0.15) is 38.1 Å². The lowest BCUT2D eigenvalue weighted by Gasteiger charge is -2.25. The molecule has 2 rings (SSSR count).